The van der Waals surface area contributed by atoms with Gasteiger partial charge in [0.25, 0.3) is 0 Å². The zero-order valence-corrected chi connectivity index (χ0v) is 17.9. The molecular formula is C23H23ClFN3O3. The Morgan fingerprint density at radius 2 is 1.90 bits per heavy atom. The number of hydrogen-bond donors (Lipinski definition) is 1. The van der Waals surface area contributed by atoms with Gasteiger partial charge in [-0.15, -0.1) is 0 Å². The Morgan fingerprint density at radius 1 is 1.16 bits per heavy atom. The lowest BCUT2D eigenvalue weighted by Gasteiger charge is -2.20. The monoisotopic (exact) mass is 443 g/mol. The van der Waals surface area contributed by atoms with Crippen molar-refractivity contribution < 1.29 is 18.4 Å². The molecule has 2 amide bonds. The minimum absolute atomic E-state index is 0.0486. The number of nitrogens with one attached hydrogen (secondary N) is 1. The summed E-state index contributed by atoms with van der Waals surface area (Å²) in [4.78, 5) is 30.4. The maximum Gasteiger partial charge on any atom is 0.239 e. The molecule has 1 aromatic heterocycles. The van der Waals surface area contributed by atoms with Crippen LogP contribution in [0.2, 0.25) is 5.02 Å². The number of benzene rings is 2. The van der Waals surface area contributed by atoms with Crippen molar-refractivity contribution >= 4 is 23.4 Å². The standard InChI is InChI=1S/C23H23ClFN3O3/c1-2-28(15-21(29)26-13-16-7-9-17(25)10-8-16)23(30)12-11-22-27-14-20(31-22)18-5-3-4-6-19(18)24/h3-10,14H,2,11-13,15H2,1H3,(H,26,29). The predicted molar refractivity (Wildman–Crippen MR) is 116 cm³/mol. The van der Waals surface area contributed by atoms with E-state index in [2.05, 4.69) is 10.3 Å². The third-order valence-electron chi connectivity index (χ3n) is 4.72. The summed E-state index contributed by atoms with van der Waals surface area (Å²) in [6.07, 6.45) is 2.07. The molecule has 0 aliphatic rings. The van der Waals surface area contributed by atoms with Gasteiger partial charge in [-0.05, 0) is 36.8 Å². The third kappa shape index (κ3) is 6.39. The highest BCUT2D eigenvalue weighted by molar-refractivity contribution is 6.33. The van der Waals surface area contributed by atoms with Crippen molar-refractivity contribution in [3.63, 3.8) is 0 Å². The number of oxazole rings is 1. The van der Waals surface area contributed by atoms with Gasteiger partial charge in [-0.2, -0.15) is 0 Å². The summed E-state index contributed by atoms with van der Waals surface area (Å²) in [6.45, 7) is 2.43. The lowest BCUT2D eigenvalue weighted by Crippen LogP contribution is -2.40. The molecule has 1 N–H and O–H groups in total. The van der Waals surface area contributed by atoms with Crippen LogP contribution in [0.3, 0.4) is 0 Å². The molecule has 0 radical (unpaired) electrons. The number of aromatic nitrogens is 1. The van der Waals surface area contributed by atoms with E-state index in [0.717, 1.165) is 11.1 Å². The SMILES string of the molecule is CCN(CC(=O)NCc1ccc(F)cc1)C(=O)CCc1ncc(-c2ccccc2Cl)o1. The van der Waals surface area contributed by atoms with Gasteiger partial charge in [0.2, 0.25) is 11.8 Å². The van der Waals surface area contributed by atoms with Gasteiger partial charge < -0.3 is 14.6 Å². The minimum atomic E-state index is -0.331. The van der Waals surface area contributed by atoms with Gasteiger partial charge in [0, 0.05) is 31.5 Å². The lowest BCUT2D eigenvalue weighted by atomic mass is 10.2. The topological polar surface area (TPSA) is 75.4 Å². The largest absolute Gasteiger partial charge is 0.441 e. The van der Waals surface area contributed by atoms with E-state index in [1.807, 2.05) is 25.1 Å². The van der Waals surface area contributed by atoms with Gasteiger partial charge in [-0.1, -0.05) is 35.9 Å². The van der Waals surface area contributed by atoms with E-state index in [0.29, 0.717) is 29.6 Å². The average molecular weight is 444 g/mol. The van der Waals surface area contributed by atoms with Crippen LogP contribution in [0.15, 0.2) is 59.1 Å². The van der Waals surface area contributed by atoms with Crippen molar-refractivity contribution in [2.75, 3.05) is 13.1 Å². The Balaban J connectivity index is 1.49. The predicted octanol–water partition coefficient (Wildman–Crippen LogP) is 4.23. The smallest absolute Gasteiger partial charge is 0.239 e. The first-order valence-electron chi connectivity index (χ1n) is 9.94. The fourth-order valence-corrected chi connectivity index (χ4v) is 3.22. The van der Waals surface area contributed by atoms with Crippen LogP contribution in [0.1, 0.15) is 24.8 Å². The van der Waals surface area contributed by atoms with Gasteiger partial charge in [0.15, 0.2) is 11.7 Å². The summed E-state index contributed by atoms with van der Waals surface area (Å²) in [5, 5.41) is 3.30. The van der Waals surface area contributed by atoms with Gasteiger partial charge >= 0.3 is 0 Å². The summed E-state index contributed by atoms with van der Waals surface area (Å²) in [7, 11) is 0. The molecule has 2 aromatic carbocycles. The highest BCUT2D eigenvalue weighted by atomic mass is 35.5. The molecule has 3 rings (SSSR count). The van der Waals surface area contributed by atoms with Crippen molar-refractivity contribution in [1.29, 1.82) is 0 Å². The van der Waals surface area contributed by atoms with E-state index in [1.54, 1.807) is 24.4 Å². The molecule has 1 heterocycles. The molecule has 6 nitrogen and oxygen atoms in total. The first kappa shape index (κ1) is 22.5. The molecular weight excluding hydrogens is 421 g/mol. The molecule has 31 heavy (non-hydrogen) atoms. The second kappa shape index (κ2) is 10.7. The molecule has 0 saturated carbocycles. The summed E-state index contributed by atoms with van der Waals surface area (Å²) >= 11 is 6.17. The van der Waals surface area contributed by atoms with Crippen LogP contribution >= 0.6 is 11.6 Å². The number of amides is 2. The van der Waals surface area contributed by atoms with Crippen LogP contribution in [0.5, 0.6) is 0 Å². The van der Waals surface area contributed by atoms with E-state index >= 15 is 0 Å². The van der Waals surface area contributed by atoms with Crippen molar-refractivity contribution in [3.8, 4) is 11.3 Å². The number of rotatable bonds is 9. The van der Waals surface area contributed by atoms with Crippen molar-refractivity contribution in [3.05, 3.63) is 77.0 Å². The zero-order chi connectivity index (χ0) is 22.2. The minimum Gasteiger partial charge on any atom is -0.441 e. The van der Waals surface area contributed by atoms with Crippen LogP contribution < -0.4 is 5.32 Å². The molecule has 162 valence electrons. The van der Waals surface area contributed by atoms with E-state index in [-0.39, 0.29) is 37.1 Å². The lowest BCUT2D eigenvalue weighted by molar-refractivity contribution is -0.135. The molecule has 3 aromatic rings. The quantitative estimate of drug-likeness (QED) is 0.537. The van der Waals surface area contributed by atoms with E-state index < -0.39 is 0 Å². The van der Waals surface area contributed by atoms with Crippen LogP contribution in [-0.4, -0.2) is 34.8 Å². The molecule has 0 atom stereocenters. The summed E-state index contributed by atoms with van der Waals surface area (Å²) in [6, 6.07) is 13.2. The number of aryl methyl sites for hydroxylation is 1. The Morgan fingerprint density at radius 3 is 2.61 bits per heavy atom. The number of halogens is 2. The molecule has 0 saturated heterocycles. The number of nitrogens with zero attached hydrogens (tertiary/aromatic N) is 2. The van der Waals surface area contributed by atoms with Gasteiger partial charge in [0.1, 0.15) is 5.82 Å². The first-order valence-corrected chi connectivity index (χ1v) is 10.3. The maximum atomic E-state index is 12.9. The fraction of sp³-hybridized carbons (Fsp3) is 0.261. The van der Waals surface area contributed by atoms with Crippen LogP contribution in [0.25, 0.3) is 11.3 Å². The number of carbonyl (C=O) groups excluding carboxylic acids is 2. The van der Waals surface area contributed by atoms with Gasteiger partial charge in [-0.25, -0.2) is 9.37 Å². The highest BCUT2D eigenvalue weighted by Crippen LogP contribution is 2.28. The van der Waals surface area contributed by atoms with E-state index in [4.69, 9.17) is 16.0 Å². The molecule has 8 heteroatoms. The van der Waals surface area contributed by atoms with Crippen LogP contribution in [0.4, 0.5) is 4.39 Å². The van der Waals surface area contributed by atoms with E-state index in [1.165, 1.54) is 17.0 Å². The summed E-state index contributed by atoms with van der Waals surface area (Å²) in [5.74, 6) is 0.192. The number of likely N-dealkylation sites (N-methyl/N-ethyl adjacent to an activating group) is 1. The Hall–Kier alpha value is -3.19. The van der Waals surface area contributed by atoms with Gasteiger partial charge in [-0.3, -0.25) is 9.59 Å². The van der Waals surface area contributed by atoms with Gasteiger partial charge in [0.05, 0.1) is 17.8 Å². The highest BCUT2D eigenvalue weighted by Gasteiger charge is 2.17. The normalized spacial score (nSPS) is 10.7. The second-order valence-corrected chi connectivity index (χ2v) is 7.32. The van der Waals surface area contributed by atoms with Crippen molar-refractivity contribution in [2.45, 2.75) is 26.3 Å². The molecule has 0 aliphatic heterocycles. The molecule has 0 fully saturated rings. The Bertz CT molecular complexity index is 1040. The number of carbonyl (C=O) groups is 2. The maximum absolute atomic E-state index is 12.9. The number of hydrogen-bond acceptors (Lipinski definition) is 4. The van der Waals surface area contributed by atoms with Crippen LogP contribution in [0, 0.1) is 5.82 Å². The van der Waals surface area contributed by atoms with Crippen molar-refractivity contribution in [2.24, 2.45) is 0 Å². The van der Waals surface area contributed by atoms with Crippen LogP contribution in [-0.2, 0) is 22.6 Å². The average Bonchev–Trinajstić information content (AvgIpc) is 3.24. The fourth-order valence-electron chi connectivity index (χ4n) is 2.99. The molecule has 0 bridgehead atoms. The van der Waals surface area contributed by atoms with Crippen molar-refractivity contribution in [1.82, 2.24) is 15.2 Å². The Kier molecular flexibility index (Phi) is 7.78. The first-order chi connectivity index (χ1) is 15.0. The molecule has 0 spiro atoms. The van der Waals surface area contributed by atoms with E-state index in [9.17, 15) is 14.0 Å². The summed E-state index contributed by atoms with van der Waals surface area (Å²) in [5.41, 5.74) is 1.52. The zero-order valence-electron chi connectivity index (χ0n) is 17.1. The molecule has 0 aliphatic carbocycles. The molecule has 0 unspecified atom stereocenters. The Labute approximate surface area is 185 Å². The second-order valence-electron chi connectivity index (χ2n) is 6.91. The third-order valence-corrected chi connectivity index (χ3v) is 5.05. The summed E-state index contributed by atoms with van der Waals surface area (Å²) < 4.78 is 18.7.